The van der Waals surface area contributed by atoms with E-state index in [2.05, 4.69) is 4.74 Å². The lowest BCUT2D eigenvalue weighted by Gasteiger charge is -2.13. The van der Waals surface area contributed by atoms with Gasteiger partial charge in [0.15, 0.2) is 5.78 Å². The first-order chi connectivity index (χ1) is 8.93. The number of ketones is 1. The third kappa shape index (κ3) is 4.75. The Balaban J connectivity index is 3.03. The van der Waals surface area contributed by atoms with Crippen molar-refractivity contribution in [3.8, 4) is 5.75 Å². The van der Waals surface area contributed by atoms with Crippen LogP contribution in [0.1, 0.15) is 24.2 Å². The quantitative estimate of drug-likeness (QED) is 0.473. The standard InChI is InChI=1S/C14H15ClO4/c1-9(2)19-13-6-4-10(15)8-11(13)12(16)5-7-14(17)18-3/h4-9H,1-3H3/b7-5+. The lowest BCUT2D eigenvalue weighted by atomic mass is 10.1. The van der Waals surface area contributed by atoms with Crippen LogP contribution in [0, 0.1) is 0 Å². The number of hydrogen-bond acceptors (Lipinski definition) is 4. The number of allylic oxidation sites excluding steroid dienone is 1. The zero-order valence-corrected chi connectivity index (χ0v) is 11.7. The summed E-state index contributed by atoms with van der Waals surface area (Å²) in [6.07, 6.45) is 2.12. The molecule has 1 rings (SSSR count). The number of esters is 1. The van der Waals surface area contributed by atoms with E-state index in [-0.39, 0.29) is 11.9 Å². The normalized spacial score (nSPS) is 10.8. The predicted molar refractivity (Wildman–Crippen MR) is 72.7 cm³/mol. The van der Waals surface area contributed by atoms with E-state index in [1.54, 1.807) is 12.1 Å². The highest BCUT2D eigenvalue weighted by Crippen LogP contribution is 2.24. The average Bonchev–Trinajstić information content (AvgIpc) is 2.37. The maximum Gasteiger partial charge on any atom is 0.330 e. The fourth-order valence-corrected chi connectivity index (χ4v) is 1.53. The molecule has 19 heavy (non-hydrogen) atoms. The second-order valence-electron chi connectivity index (χ2n) is 4.03. The van der Waals surface area contributed by atoms with Gasteiger partial charge in [0.05, 0.1) is 18.8 Å². The average molecular weight is 283 g/mol. The van der Waals surface area contributed by atoms with Crippen LogP contribution in [-0.2, 0) is 9.53 Å². The minimum absolute atomic E-state index is 0.0719. The van der Waals surface area contributed by atoms with Crippen molar-refractivity contribution in [2.45, 2.75) is 20.0 Å². The third-order valence-corrected chi connectivity index (χ3v) is 2.38. The highest BCUT2D eigenvalue weighted by Gasteiger charge is 2.12. The van der Waals surface area contributed by atoms with Crippen molar-refractivity contribution in [1.29, 1.82) is 0 Å². The molecule has 0 amide bonds. The first-order valence-corrected chi connectivity index (χ1v) is 6.08. The molecule has 0 saturated heterocycles. The van der Waals surface area contributed by atoms with Crippen LogP contribution in [0.4, 0.5) is 0 Å². The van der Waals surface area contributed by atoms with Gasteiger partial charge >= 0.3 is 5.97 Å². The Labute approximate surface area is 117 Å². The second kappa shape index (κ2) is 6.95. The predicted octanol–water partition coefficient (Wildman–Crippen LogP) is 3.04. The maximum atomic E-state index is 12.0. The summed E-state index contributed by atoms with van der Waals surface area (Å²) >= 11 is 5.86. The summed E-state index contributed by atoms with van der Waals surface area (Å²) in [6.45, 7) is 3.71. The van der Waals surface area contributed by atoms with E-state index in [9.17, 15) is 9.59 Å². The third-order valence-electron chi connectivity index (χ3n) is 2.14. The van der Waals surface area contributed by atoms with Crippen molar-refractivity contribution in [2.75, 3.05) is 7.11 Å². The number of methoxy groups -OCH3 is 1. The molecule has 0 N–H and O–H groups in total. The van der Waals surface area contributed by atoms with Crippen LogP contribution in [-0.4, -0.2) is 25.0 Å². The van der Waals surface area contributed by atoms with Gasteiger partial charge in [0.25, 0.3) is 0 Å². The van der Waals surface area contributed by atoms with Crippen LogP contribution < -0.4 is 4.74 Å². The zero-order valence-electron chi connectivity index (χ0n) is 11.0. The van der Waals surface area contributed by atoms with Gasteiger partial charge in [-0.25, -0.2) is 4.79 Å². The van der Waals surface area contributed by atoms with Crippen LogP contribution in [0.15, 0.2) is 30.4 Å². The summed E-state index contributed by atoms with van der Waals surface area (Å²) in [5, 5.41) is 0.422. The first kappa shape index (κ1) is 15.2. The van der Waals surface area contributed by atoms with E-state index < -0.39 is 5.97 Å². The molecule has 0 heterocycles. The molecule has 0 spiro atoms. The largest absolute Gasteiger partial charge is 0.490 e. The Morgan fingerprint density at radius 2 is 1.95 bits per heavy atom. The molecule has 0 bridgehead atoms. The molecule has 4 nitrogen and oxygen atoms in total. The van der Waals surface area contributed by atoms with Gasteiger partial charge in [-0.3, -0.25) is 4.79 Å². The maximum absolute atomic E-state index is 12.0. The Bertz CT molecular complexity index is 506. The SMILES string of the molecule is COC(=O)/C=C/C(=O)c1cc(Cl)ccc1OC(C)C. The van der Waals surface area contributed by atoms with E-state index in [0.717, 1.165) is 12.2 Å². The van der Waals surface area contributed by atoms with E-state index in [1.165, 1.54) is 13.2 Å². The number of carbonyl (C=O) groups is 2. The molecule has 1 aromatic carbocycles. The number of hydrogen-bond donors (Lipinski definition) is 0. The van der Waals surface area contributed by atoms with Gasteiger partial charge in [-0.15, -0.1) is 0 Å². The molecular formula is C14H15ClO4. The van der Waals surface area contributed by atoms with E-state index >= 15 is 0 Å². The van der Waals surface area contributed by atoms with Gasteiger partial charge in [0, 0.05) is 11.1 Å². The van der Waals surface area contributed by atoms with Crippen LogP contribution in [0.5, 0.6) is 5.75 Å². The fourth-order valence-electron chi connectivity index (χ4n) is 1.35. The topological polar surface area (TPSA) is 52.6 Å². The number of halogens is 1. The number of benzene rings is 1. The Morgan fingerprint density at radius 3 is 2.53 bits per heavy atom. The van der Waals surface area contributed by atoms with Crippen molar-refractivity contribution in [3.63, 3.8) is 0 Å². The van der Waals surface area contributed by atoms with Crippen LogP contribution in [0.2, 0.25) is 5.02 Å². The molecule has 0 atom stereocenters. The van der Waals surface area contributed by atoms with E-state index in [0.29, 0.717) is 16.3 Å². The van der Waals surface area contributed by atoms with Gasteiger partial charge in [-0.05, 0) is 38.1 Å². The number of rotatable bonds is 5. The summed E-state index contributed by atoms with van der Waals surface area (Å²) in [4.78, 5) is 22.9. The minimum atomic E-state index is -0.596. The van der Waals surface area contributed by atoms with Gasteiger partial charge in [-0.1, -0.05) is 11.6 Å². The second-order valence-corrected chi connectivity index (χ2v) is 4.46. The minimum Gasteiger partial charge on any atom is -0.490 e. The van der Waals surface area contributed by atoms with Crippen LogP contribution >= 0.6 is 11.6 Å². The summed E-state index contributed by atoms with van der Waals surface area (Å²) in [7, 11) is 1.24. The molecular weight excluding hydrogens is 268 g/mol. The molecule has 0 saturated carbocycles. The molecule has 0 unspecified atom stereocenters. The molecule has 5 heteroatoms. The summed E-state index contributed by atoms with van der Waals surface area (Å²) in [5.41, 5.74) is 0.307. The highest BCUT2D eigenvalue weighted by molar-refractivity contribution is 6.31. The van der Waals surface area contributed by atoms with Crippen molar-refractivity contribution in [1.82, 2.24) is 0 Å². The van der Waals surface area contributed by atoms with Crippen molar-refractivity contribution < 1.29 is 19.1 Å². The molecule has 0 fully saturated rings. The van der Waals surface area contributed by atoms with E-state index in [4.69, 9.17) is 16.3 Å². The monoisotopic (exact) mass is 282 g/mol. The fraction of sp³-hybridized carbons (Fsp3) is 0.286. The van der Waals surface area contributed by atoms with Crippen molar-refractivity contribution >= 4 is 23.4 Å². The Kier molecular flexibility index (Phi) is 5.57. The zero-order chi connectivity index (χ0) is 14.4. The lowest BCUT2D eigenvalue weighted by Crippen LogP contribution is -2.09. The number of ether oxygens (including phenoxy) is 2. The molecule has 1 aromatic rings. The van der Waals surface area contributed by atoms with Gasteiger partial charge in [0.1, 0.15) is 5.75 Å². The van der Waals surface area contributed by atoms with Crippen LogP contribution in [0.25, 0.3) is 0 Å². The van der Waals surface area contributed by atoms with Gasteiger partial charge < -0.3 is 9.47 Å². The summed E-state index contributed by atoms with van der Waals surface area (Å²) in [6, 6.07) is 4.77. The first-order valence-electron chi connectivity index (χ1n) is 5.70. The summed E-state index contributed by atoms with van der Waals surface area (Å²) < 4.78 is 9.94. The molecule has 102 valence electrons. The molecule has 0 aliphatic carbocycles. The molecule has 0 aliphatic heterocycles. The smallest absolute Gasteiger partial charge is 0.330 e. The molecule has 0 aliphatic rings. The van der Waals surface area contributed by atoms with E-state index in [1.807, 2.05) is 13.8 Å². The Hall–Kier alpha value is -1.81. The van der Waals surface area contributed by atoms with Crippen molar-refractivity contribution in [2.24, 2.45) is 0 Å². The highest BCUT2D eigenvalue weighted by atomic mass is 35.5. The van der Waals surface area contributed by atoms with Gasteiger partial charge in [-0.2, -0.15) is 0 Å². The molecule has 0 radical (unpaired) electrons. The Morgan fingerprint density at radius 1 is 1.26 bits per heavy atom. The van der Waals surface area contributed by atoms with Gasteiger partial charge in [0.2, 0.25) is 0 Å². The number of carbonyl (C=O) groups excluding carboxylic acids is 2. The van der Waals surface area contributed by atoms with Crippen LogP contribution in [0.3, 0.4) is 0 Å². The lowest BCUT2D eigenvalue weighted by molar-refractivity contribution is -0.134. The van der Waals surface area contributed by atoms with Crippen molar-refractivity contribution in [3.05, 3.63) is 40.9 Å². The summed E-state index contributed by atoms with van der Waals surface area (Å²) in [5.74, 6) is -0.538. The molecule has 0 aromatic heterocycles.